The third kappa shape index (κ3) is 7.85. The summed E-state index contributed by atoms with van der Waals surface area (Å²) < 4.78 is 45.8. The Bertz CT molecular complexity index is 1210. The molecule has 224 valence electrons. The summed E-state index contributed by atoms with van der Waals surface area (Å²) in [6.45, 7) is 2.05. The average molecular weight is 580 g/mol. The molecule has 5 rings (SSSR count). The zero-order valence-electron chi connectivity index (χ0n) is 23.3. The number of alkyl halides is 3. The van der Waals surface area contributed by atoms with Gasteiger partial charge in [0.25, 0.3) is 5.91 Å². The maximum absolute atomic E-state index is 15.2. The first-order valence-electron chi connectivity index (χ1n) is 14.2. The molecule has 1 saturated heterocycles. The Labute approximate surface area is 236 Å². The molecule has 3 fully saturated rings. The Balaban J connectivity index is 0.000000909. The third-order valence-corrected chi connectivity index (χ3v) is 8.07. The monoisotopic (exact) mass is 579 g/mol. The van der Waals surface area contributed by atoms with E-state index in [1.165, 1.54) is 12.1 Å². The number of anilines is 1. The highest BCUT2D eigenvalue weighted by Gasteiger charge is 2.48. The number of carbonyl (C=O) groups excluding carboxylic acids is 3. The van der Waals surface area contributed by atoms with E-state index in [0.29, 0.717) is 29.6 Å². The number of hydrogen-bond donors (Lipinski definition) is 2. The zero-order chi connectivity index (χ0) is 29.7. The third-order valence-electron chi connectivity index (χ3n) is 8.07. The van der Waals surface area contributed by atoms with Gasteiger partial charge in [0.15, 0.2) is 0 Å². The molecule has 2 unspecified atom stereocenters. The summed E-state index contributed by atoms with van der Waals surface area (Å²) in [7, 11) is 0. The van der Waals surface area contributed by atoms with Gasteiger partial charge in [-0.2, -0.15) is 18.3 Å². The quantitative estimate of drug-likeness (QED) is 0.382. The van der Waals surface area contributed by atoms with Crippen LogP contribution in [-0.2, 0) is 16.1 Å². The molecule has 1 aromatic carbocycles. The summed E-state index contributed by atoms with van der Waals surface area (Å²) in [4.78, 5) is 41.3. The Kier molecular flexibility index (Phi) is 10.0. The number of halogens is 4. The van der Waals surface area contributed by atoms with E-state index in [-0.39, 0.29) is 23.4 Å². The van der Waals surface area contributed by atoms with Gasteiger partial charge in [0.2, 0.25) is 11.8 Å². The molecule has 2 saturated carbocycles. The second-order valence-electron chi connectivity index (χ2n) is 11.0. The number of aromatic nitrogens is 2. The van der Waals surface area contributed by atoms with E-state index in [1.54, 1.807) is 29.9 Å². The first-order valence-corrected chi connectivity index (χ1v) is 14.2. The van der Waals surface area contributed by atoms with Crippen molar-refractivity contribution in [2.24, 2.45) is 17.8 Å². The van der Waals surface area contributed by atoms with Crippen LogP contribution in [0.3, 0.4) is 0 Å². The van der Waals surface area contributed by atoms with Gasteiger partial charge >= 0.3 is 6.68 Å². The van der Waals surface area contributed by atoms with Crippen LogP contribution in [0.25, 0.3) is 0 Å². The van der Waals surface area contributed by atoms with E-state index >= 15 is 4.39 Å². The Morgan fingerprint density at radius 3 is 2.17 bits per heavy atom. The lowest BCUT2D eigenvalue weighted by molar-refractivity contribution is -0.131. The molecule has 2 N–H and O–H groups in total. The van der Waals surface area contributed by atoms with Gasteiger partial charge in [-0.3, -0.25) is 19.1 Å². The number of nitrogens with one attached hydrogen (secondary N) is 2. The fourth-order valence-corrected chi connectivity index (χ4v) is 5.69. The van der Waals surface area contributed by atoms with Crippen LogP contribution in [0.4, 0.5) is 23.2 Å². The topological polar surface area (TPSA) is 96.3 Å². The van der Waals surface area contributed by atoms with Crippen LogP contribution in [0, 0.1) is 23.6 Å². The first kappa shape index (κ1) is 30.5. The molecule has 0 spiro atoms. The summed E-state index contributed by atoms with van der Waals surface area (Å²) in [6.07, 6.45) is 7.73. The van der Waals surface area contributed by atoms with Crippen molar-refractivity contribution in [3.05, 3.63) is 47.5 Å². The van der Waals surface area contributed by atoms with Crippen molar-refractivity contribution in [2.75, 3.05) is 18.4 Å². The smallest absolute Gasteiger partial charge is 0.342 e. The largest absolute Gasteiger partial charge is 0.379 e. The lowest BCUT2D eigenvalue weighted by atomic mass is 9.88. The summed E-state index contributed by atoms with van der Waals surface area (Å²) in [5.41, 5.74) is 1.04. The van der Waals surface area contributed by atoms with Gasteiger partial charge in [-0.15, -0.1) is 0 Å². The van der Waals surface area contributed by atoms with Crippen LogP contribution in [-0.4, -0.2) is 58.2 Å². The number of benzene rings is 1. The standard InChI is InChI=1S/C28H36FN5O3.CHF3/c1-3-34-23(12-13-30-34)26(35)32-25(24(18-6-7-18)19-8-9-19)27(36)31-22-11-10-20(16-21(22)29)17(2)28(37)33-14-4-5-15-33;2-1(3)4/h10-13,16-19,24-25H,3-9,14-15H2,1-2H3,(H,31,36)(H,32,35);1H. The Hall–Kier alpha value is -3.44. The highest BCUT2D eigenvalue weighted by Crippen LogP contribution is 2.51. The molecule has 1 aromatic heterocycles. The lowest BCUT2D eigenvalue weighted by Crippen LogP contribution is -2.50. The molecule has 2 heterocycles. The van der Waals surface area contributed by atoms with E-state index in [2.05, 4.69) is 15.7 Å². The lowest BCUT2D eigenvalue weighted by Gasteiger charge is -2.28. The molecular weight excluding hydrogens is 542 g/mol. The molecule has 2 atom stereocenters. The summed E-state index contributed by atoms with van der Waals surface area (Å²) in [5.74, 6) is -0.990. The van der Waals surface area contributed by atoms with Crippen molar-refractivity contribution in [1.29, 1.82) is 0 Å². The predicted molar refractivity (Wildman–Crippen MR) is 144 cm³/mol. The number of rotatable bonds is 10. The van der Waals surface area contributed by atoms with Crippen molar-refractivity contribution >= 4 is 23.4 Å². The van der Waals surface area contributed by atoms with Crippen molar-refractivity contribution < 1.29 is 31.9 Å². The molecule has 3 aliphatic rings. The van der Waals surface area contributed by atoms with E-state index in [1.807, 2.05) is 11.8 Å². The molecule has 2 aromatic rings. The molecule has 0 radical (unpaired) electrons. The van der Waals surface area contributed by atoms with E-state index in [4.69, 9.17) is 0 Å². The Morgan fingerprint density at radius 1 is 1.02 bits per heavy atom. The first-order chi connectivity index (χ1) is 19.6. The number of carbonyl (C=O) groups is 3. The normalized spacial score (nSPS) is 18.1. The maximum atomic E-state index is 15.2. The minimum Gasteiger partial charge on any atom is -0.342 e. The number of amides is 3. The van der Waals surface area contributed by atoms with Gasteiger partial charge in [-0.1, -0.05) is 6.07 Å². The SMILES string of the molecule is CCn1nccc1C(=O)NC(C(=O)Nc1ccc(C(C)C(=O)N2CCCC2)cc1F)C(C1CC1)C1CC1.FC(F)F. The van der Waals surface area contributed by atoms with E-state index in [0.717, 1.165) is 51.6 Å². The minimum absolute atomic E-state index is 0.000472. The summed E-state index contributed by atoms with van der Waals surface area (Å²) in [5, 5.41) is 9.87. The number of aryl methyl sites for hydroxylation is 1. The highest BCUT2D eigenvalue weighted by atomic mass is 19.4. The molecular formula is C29H37F4N5O3. The van der Waals surface area contributed by atoms with Crippen LogP contribution in [0.2, 0.25) is 0 Å². The predicted octanol–water partition coefficient (Wildman–Crippen LogP) is 5.12. The number of hydrogen-bond acceptors (Lipinski definition) is 4. The molecule has 2 aliphatic carbocycles. The van der Waals surface area contributed by atoms with Gasteiger partial charge in [-0.05, 0) is 93.9 Å². The Morgan fingerprint density at radius 2 is 1.63 bits per heavy atom. The minimum atomic E-state index is -3.67. The van der Waals surface area contributed by atoms with Crippen LogP contribution < -0.4 is 10.6 Å². The summed E-state index contributed by atoms with van der Waals surface area (Å²) >= 11 is 0. The van der Waals surface area contributed by atoms with Crippen LogP contribution in [0.5, 0.6) is 0 Å². The second-order valence-corrected chi connectivity index (χ2v) is 11.0. The molecule has 12 heteroatoms. The highest BCUT2D eigenvalue weighted by molar-refractivity contribution is 6.01. The fourth-order valence-electron chi connectivity index (χ4n) is 5.69. The molecule has 3 amide bonds. The fraction of sp³-hybridized carbons (Fsp3) is 0.586. The molecule has 1 aliphatic heterocycles. The van der Waals surface area contributed by atoms with E-state index in [9.17, 15) is 27.6 Å². The van der Waals surface area contributed by atoms with Crippen LogP contribution in [0.1, 0.15) is 74.3 Å². The molecule has 41 heavy (non-hydrogen) atoms. The number of nitrogens with zero attached hydrogens (tertiary/aromatic N) is 3. The van der Waals surface area contributed by atoms with Crippen LogP contribution >= 0.6 is 0 Å². The van der Waals surface area contributed by atoms with E-state index < -0.39 is 30.4 Å². The van der Waals surface area contributed by atoms with Gasteiger partial charge in [0.05, 0.1) is 11.6 Å². The van der Waals surface area contributed by atoms with Crippen molar-refractivity contribution in [3.63, 3.8) is 0 Å². The van der Waals surface area contributed by atoms with Crippen molar-refractivity contribution in [2.45, 2.75) is 77.6 Å². The van der Waals surface area contributed by atoms with Gasteiger partial charge < -0.3 is 15.5 Å². The molecule has 8 nitrogen and oxygen atoms in total. The average Bonchev–Trinajstić information content (AvgIpc) is 3.85. The maximum Gasteiger partial charge on any atom is 0.379 e. The summed E-state index contributed by atoms with van der Waals surface area (Å²) in [6, 6.07) is 5.43. The van der Waals surface area contributed by atoms with Crippen molar-refractivity contribution in [1.82, 2.24) is 20.0 Å². The number of likely N-dealkylation sites (tertiary alicyclic amines) is 1. The van der Waals surface area contributed by atoms with Crippen LogP contribution in [0.15, 0.2) is 30.5 Å². The van der Waals surface area contributed by atoms with Gasteiger partial charge in [0, 0.05) is 25.8 Å². The molecule has 0 bridgehead atoms. The van der Waals surface area contributed by atoms with Gasteiger partial charge in [-0.25, -0.2) is 4.39 Å². The second kappa shape index (κ2) is 13.5. The van der Waals surface area contributed by atoms with Crippen molar-refractivity contribution in [3.8, 4) is 0 Å². The van der Waals surface area contributed by atoms with Gasteiger partial charge in [0.1, 0.15) is 17.6 Å². The zero-order valence-corrected chi connectivity index (χ0v) is 23.3.